The molecule has 0 spiro atoms. The summed E-state index contributed by atoms with van der Waals surface area (Å²) < 4.78 is 19.3. The van der Waals surface area contributed by atoms with Gasteiger partial charge in [0.25, 0.3) is 0 Å². The maximum Gasteiger partial charge on any atom is 0.332 e. The lowest BCUT2D eigenvalue weighted by Crippen LogP contribution is -2.39. The van der Waals surface area contributed by atoms with E-state index >= 15 is 0 Å². The van der Waals surface area contributed by atoms with Gasteiger partial charge in [0.2, 0.25) is 0 Å². The summed E-state index contributed by atoms with van der Waals surface area (Å²) in [6, 6.07) is 14.2. The number of ether oxygens (including phenoxy) is 1. The van der Waals surface area contributed by atoms with Crippen LogP contribution in [-0.4, -0.2) is 39.0 Å². The van der Waals surface area contributed by atoms with E-state index in [9.17, 15) is 14.3 Å². The Bertz CT molecular complexity index is 1120. The van der Waals surface area contributed by atoms with Gasteiger partial charge in [0, 0.05) is 23.4 Å². The molecule has 2 N–H and O–H groups in total. The third-order valence-corrected chi connectivity index (χ3v) is 6.39. The van der Waals surface area contributed by atoms with Crippen LogP contribution >= 0.6 is 11.8 Å². The second-order valence-electron chi connectivity index (χ2n) is 7.85. The molecule has 0 bridgehead atoms. The van der Waals surface area contributed by atoms with E-state index in [1.807, 2.05) is 24.3 Å². The van der Waals surface area contributed by atoms with Crippen LogP contribution < -0.4 is 4.74 Å². The van der Waals surface area contributed by atoms with Gasteiger partial charge in [-0.25, -0.2) is 9.18 Å². The molecule has 1 aromatic heterocycles. The van der Waals surface area contributed by atoms with E-state index in [1.165, 1.54) is 29.5 Å². The minimum absolute atomic E-state index is 0.206. The summed E-state index contributed by atoms with van der Waals surface area (Å²) in [7, 11) is 0. The summed E-state index contributed by atoms with van der Waals surface area (Å²) in [5.41, 5.74) is 1.29. The Hall–Kier alpha value is -2.80. The van der Waals surface area contributed by atoms with Crippen molar-refractivity contribution in [3.63, 3.8) is 0 Å². The highest BCUT2D eigenvalue weighted by atomic mass is 32.2. The second-order valence-corrected chi connectivity index (χ2v) is 8.90. The van der Waals surface area contributed by atoms with Gasteiger partial charge >= 0.3 is 5.97 Å². The van der Waals surface area contributed by atoms with E-state index < -0.39 is 11.5 Å². The first kappa shape index (κ1) is 20.5. The normalized spacial score (nSPS) is 18.7. The first-order valence-corrected chi connectivity index (χ1v) is 10.8. The number of nitrogens with one attached hydrogen (secondary N) is 1. The van der Waals surface area contributed by atoms with Gasteiger partial charge in [0.1, 0.15) is 23.2 Å². The Morgan fingerprint density at radius 2 is 2.13 bits per heavy atom. The Kier molecular flexibility index (Phi) is 5.56. The highest BCUT2D eigenvalue weighted by Crippen LogP contribution is 2.33. The van der Waals surface area contributed by atoms with Crippen molar-refractivity contribution in [2.75, 3.05) is 12.4 Å². The number of halogens is 1. The molecule has 156 valence electrons. The molecule has 2 heterocycles. The number of carbonyl (C=O) groups is 1. The number of hydrogen-bond acceptors (Lipinski definition) is 4. The number of aromatic nitrogens is 1. The topological polar surface area (TPSA) is 74.7 Å². The molecule has 7 heteroatoms. The smallest absolute Gasteiger partial charge is 0.332 e. The van der Waals surface area contributed by atoms with Gasteiger partial charge in [0.05, 0.1) is 0 Å². The molecule has 0 saturated heterocycles. The molecule has 1 atom stereocenters. The predicted molar refractivity (Wildman–Crippen MR) is 118 cm³/mol. The Morgan fingerprint density at radius 3 is 2.90 bits per heavy atom. The van der Waals surface area contributed by atoms with Crippen LogP contribution in [-0.2, 0) is 11.2 Å². The largest absolute Gasteiger partial charge is 0.487 e. The standard InChI is InChI=1S/C23H23FN2O3S/c1-14(2)15-4-3-5-19(9-15)29-12-21-26-23(13-30-21,22(27)28)11-18-8-16-6-7-17(24)10-20(16)25-18/h3-10,14,25H,11-13H2,1-2H3,(H,27,28). The number of nitrogens with zero attached hydrogens (tertiary/aromatic N) is 1. The highest BCUT2D eigenvalue weighted by molar-refractivity contribution is 8.14. The number of fused-ring (bicyclic) bond motifs is 1. The third kappa shape index (κ3) is 4.21. The lowest BCUT2D eigenvalue weighted by Gasteiger charge is -2.19. The summed E-state index contributed by atoms with van der Waals surface area (Å²) >= 11 is 1.41. The fourth-order valence-corrected chi connectivity index (χ4v) is 4.61. The van der Waals surface area contributed by atoms with Gasteiger partial charge in [-0.1, -0.05) is 26.0 Å². The number of carboxylic acid groups (broad SMARTS) is 1. The molecule has 30 heavy (non-hydrogen) atoms. The maximum atomic E-state index is 13.4. The van der Waals surface area contributed by atoms with Gasteiger partial charge in [-0.15, -0.1) is 11.8 Å². The lowest BCUT2D eigenvalue weighted by molar-refractivity contribution is -0.142. The van der Waals surface area contributed by atoms with Crippen molar-refractivity contribution >= 4 is 33.7 Å². The van der Waals surface area contributed by atoms with Crippen molar-refractivity contribution < 1.29 is 19.0 Å². The fraction of sp³-hybridized carbons (Fsp3) is 0.304. The molecule has 3 aromatic rings. The SMILES string of the molecule is CC(C)c1cccc(OCC2=NC(Cc3cc4ccc(F)cc4[nH]3)(C(=O)O)CS2)c1. The first-order chi connectivity index (χ1) is 14.3. The number of rotatable bonds is 7. The number of benzene rings is 2. The van der Waals surface area contributed by atoms with Crippen LogP contribution in [0.3, 0.4) is 0 Å². The van der Waals surface area contributed by atoms with Crippen LogP contribution in [0.5, 0.6) is 5.75 Å². The van der Waals surface area contributed by atoms with Crippen LogP contribution in [0.15, 0.2) is 53.5 Å². The molecule has 1 aliphatic rings. The Morgan fingerprint density at radius 1 is 1.30 bits per heavy atom. The van der Waals surface area contributed by atoms with Gasteiger partial charge < -0.3 is 14.8 Å². The molecule has 2 aromatic carbocycles. The van der Waals surface area contributed by atoms with Crippen LogP contribution in [0.25, 0.3) is 10.9 Å². The van der Waals surface area contributed by atoms with Crippen molar-refractivity contribution in [2.45, 2.75) is 31.7 Å². The van der Waals surface area contributed by atoms with Gasteiger partial charge in [0.15, 0.2) is 5.54 Å². The molecule has 0 aliphatic carbocycles. The zero-order chi connectivity index (χ0) is 21.3. The summed E-state index contributed by atoms with van der Waals surface area (Å²) in [5, 5.41) is 11.4. The molecule has 0 amide bonds. The van der Waals surface area contributed by atoms with Crippen molar-refractivity contribution in [2.24, 2.45) is 4.99 Å². The zero-order valence-corrected chi connectivity index (χ0v) is 17.6. The quantitative estimate of drug-likeness (QED) is 0.556. The summed E-state index contributed by atoms with van der Waals surface area (Å²) in [6.45, 7) is 4.48. The monoisotopic (exact) mass is 426 g/mol. The van der Waals surface area contributed by atoms with E-state index in [0.29, 0.717) is 27.9 Å². The molecule has 1 aliphatic heterocycles. The molecule has 4 rings (SSSR count). The van der Waals surface area contributed by atoms with Crippen LogP contribution in [0.1, 0.15) is 31.0 Å². The molecular weight excluding hydrogens is 403 g/mol. The molecule has 1 unspecified atom stereocenters. The van der Waals surface area contributed by atoms with Crippen molar-refractivity contribution in [1.29, 1.82) is 0 Å². The van der Waals surface area contributed by atoms with Gasteiger partial charge in [-0.3, -0.25) is 4.99 Å². The Labute approximate surface area is 178 Å². The molecule has 0 fully saturated rings. The average Bonchev–Trinajstić information content (AvgIpc) is 3.30. The average molecular weight is 427 g/mol. The van der Waals surface area contributed by atoms with Crippen molar-refractivity contribution in [3.05, 3.63) is 65.6 Å². The van der Waals surface area contributed by atoms with Gasteiger partial charge in [-0.2, -0.15) is 0 Å². The first-order valence-electron chi connectivity index (χ1n) is 9.79. The summed E-state index contributed by atoms with van der Waals surface area (Å²) in [5.74, 6) is 0.165. The second kappa shape index (κ2) is 8.14. The minimum atomic E-state index is -1.26. The van der Waals surface area contributed by atoms with Crippen molar-refractivity contribution in [1.82, 2.24) is 4.98 Å². The van der Waals surface area contributed by atoms with E-state index in [2.05, 4.69) is 29.9 Å². The fourth-order valence-electron chi connectivity index (χ4n) is 3.53. The lowest BCUT2D eigenvalue weighted by atomic mass is 9.96. The molecular formula is C23H23FN2O3S. The minimum Gasteiger partial charge on any atom is -0.487 e. The van der Waals surface area contributed by atoms with E-state index in [4.69, 9.17) is 4.74 Å². The number of carboxylic acids is 1. The number of aliphatic imine (C=N–C) groups is 1. The zero-order valence-electron chi connectivity index (χ0n) is 16.8. The van der Waals surface area contributed by atoms with E-state index in [0.717, 1.165) is 11.1 Å². The molecule has 0 radical (unpaired) electrons. The maximum absolute atomic E-state index is 13.4. The van der Waals surface area contributed by atoms with Crippen molar-refractivity contribution in [3.8, 4) is 5.75 Å². The van der Waals surface area contributed by atoms with Crippen LogP contribution in [0, 0.1) is 5.82 Å². The van der Waals surface area contributed by atoms with E-state index in [-0.39, 0.29) is 18.8 Å². The number of aliphatic carboxylic acids is 1. The molecule has 5 nitrogen and oxygen atoms in total. The molecule has 0 saturated carbocycles. The third-order valence-electron chi connectivity index (χ3n) is 5.22. The predicted octanol–water partition coefficient (Wildman–Crippen LogP) is 5.02. The number of H-pyrrole nitrogens is 1. The Balaban J connectivity index is 1.51. The number of hydrogen-bond donors (Lipinski definition) is 2. The van der Waals surface area contributed by atoms with Crippen LogP contribution in [0.4, 0.5) is 4.39 Å². The van der Waals surface area contributed by atoms with Gasteiger partial charge in [-0.05, 0) is 53.3 Å². The summed E-state index contributed by atoms with van der Waals surface area (Å²) in [4.78, 5) is 19.8. The van der Waals surface area contributed by atoms with E-state index in [1.54, 1.807) is 6.07 Å². The van der Waals surface area contributed by atoms with Crippen LogP contribution in [0.2, 0.25) is 0 Å². The number of aromatic amines is 1. The summed E-state index contributed by atoms with van der Waals surface area (Å²) in [6.07, 6.45) is 0.206. The highest BCUT2D eigenvalue weighted by Gasteiger charge is 2.43. The number of thioether (sulfide) groups is 1.